The van der Waals surface area contributed by atoms with Crippen LogP contribution in [0.1, 0.15) is 35.2 Å². The highest BCUT2D eigenvalue weighted by Gasteiger charge is 2.33. The van der Waals surface area contributed by atoms with Crippen molar-refractivity contribution in [1.29, 1.82) is 0 Å². The molecule has 0 bridgehead atoms. The van der Waals surface area contributed by atoms with Gasteiger partial charge in [-0.3, -0.25) is 4.79 Å². The van der Waals surface area contributed by atoms with Crippen LogP contribution in [-0.4, -0.2) is 29.4 Å². The van der Waals surface area contributed by atoms with Crippen LogP contribution >= 0.6 is 0 Å². The summed E-state index contributed by atoms with van der Waals surface area (Å²) in [6.07, 6.45) is 2.51. The Kier molecular flexibility index (Phi) is 5.26. The van der Waals surface area contributed by atoms with E-state index in [1.807, 2.05) is 48.5 Å². The molecule has 3 rings (SSSR count). The topological polar surface area (TPSA) is 46.6 Å². The molecule has 0 radical (unpaired) electrons. The molecule has 0 saturated carbocycles. The fourth-order valence-electron chi connectivity index (χ4n) is 2.99. The van der Waals surface area contributed by atoms with Gasteiger partial charge in [0, 0.05) is 12.1 Å². The number of nitrogens with zero attached hydrogens (tertiary/aromatic N) is 1. The SMILES string of the molecule is O=C(OCc1ccccc1)C1CCCCN1C(=O)c1ccccc1. The third kappa shape index (κ3) is 3.82. The predicted octanol–water partition coefficient (Wildman–Crippen LogP) is 3.42. The van der Waals surface area contributed by atoms with E-state index in [0.717, 1.165) is 18.4 Å². The van der Waals surface area contributed by atoms with Gasteiger partial charge in [0.1, 0.15) is 12.6 Å². The summed E-state index contributed by atoms with van der Waals surface area (Å²) in [4.78, 5) is 26.9. The number of esters is 1. The summed E-state index contributed by atoms with van der Waals surface area (Å²) in [6.45, 7) is 0.836. The summed E-state index contributed by atoms with van der Waals surface area (Å²) in [7, 11) is 0. The summed E-state index contributed by atoms with van der Waals surface area (Å²) < 4.78 is 5.45. The molecule has 1 unspecified atom stereocenters. The van der Waals surface area contributed by atoms with Crippen molar-refractivity contribution in [2.24, 2.45) is 0 Å². The van der Waals surface area contributed by atoms with Crippen LogP contribution in [-0.2, 0) is 16.1 Å². The van der Waals surface area contributed by atoms with E-state index >= 15 is 0 Å². The van der Waals surface area contributed by atoms with E-state index < -0.39 is 6.04 Å². The first-order valence-electron chi connectivity index (χ1n) is 8.32. The number of likely N-dealkylation sites (tertiary alicyclic amines) is 1. The second kappa shape index (κ2) is 7.77. The average Bonchev–Trinajstić information content (AvgIpc) is 2.67. The molecule has 0 aliphatic carbocycles. The van der Waals surface area contributed by atoms with E-state index in [0.29, 0.717) is 18.5 Å². The highest BCUT2D eigenvalue weighted by Crippen LogP contribution is 2.21. The molecule has 1 amide bonds. The van der Waals surface area contributed by atoms with Crippen molar-refractivity contribution in [1.82, 2.24) is 4.90 Å². The molecule has 2 aromatic rings. The van der Waals surface area contributed by atoms with Crippen LogP contribution in [0.25, 0.3) is 0 Å². The van der Waals surface area contributed by atoms with Crippen LogP contribution in [0.4, 0.5) is 0 Å². The van der Waals surface area contributed by atoms with Crippen molar-refractivity contribution in [2.45, 2.75) is 31.9 Å². The number of rotatable bonds is 4. The molecule has 24 heavy (non-hydrogen) atoms. The summed E-state index contributed by atoms with van der Waals surface area (Å²) in [5.74, 6) is -0.417. The first kappa shape index (κ1) is 16.2. The van der Waals surface area contributed by atoms with Crippen molar-refractivity contribution < 1.29 is 14.3 Å². The number of carbonyl (C=O) groups excluding carboxylic acids is 2. The number of ether oxygens (including phenoxy) is 1. The number of hydrogen-bond donors (Lipinski definition) is 0. The molecule has 1 heterocycles. The standard InChI is InChI=1S/C20H21NO3/c22-19(17-11-5-2-6-12-17)21-14-8-7-13-18(21)20(23)24-15-16-9-3-1-4-10-16/h1-6,9-12,18H,7-8,13-15H2. The molecule has 4 nitrogen and oxygen atoms in total. The minimum Gasteiger partial charge on any atom is -0.459 e. The normalized spacial score (nSPS) is 17.3. The second-order valence-corrected chi connectivity index (χ2v) is 5.97. The zero-order valence-corrected chi connectivity index (χ0v) is 13.6. The van der Waals surface area contributed by atoms with Gasteiger partial charge in [-0.2, -0.15) is 0 Å². The van der Waals surface area contributed by atoms with Crippen molar-refractivity contribution in [3.8, 4) is 0 Å². The van der Waals surface area contributed by atoms with E-state index in [1.54, 1.807) is 17.0 Å². The number of amides is 1. The smallest absolute Gasteiger partial charge is 0.329 e. The van der Waals surface area contributed by atoms with Gasteiger partial charge in [-0.15, -0.1) is 0 Å². The van der Waals surface area contributed by atoms with E-state index in [1.165, 1.54) is 0 Å². The summed E-state index contributed by atoms with van der Waals surface area (Å²) >= 11 is 0. The van der Waals surface area contributed by atoms with Gasteiger partial charge in [0.05, 0.1) is 0 Å². The average molecular weight is 323 g/mol. The molecular weight excluding hydrogens is 302 g/mol. The maximum absolute atomic E-state index is 12.7. The molecule has 0 aromatic heterocycles. The lowest BCUT2D eigenvalue weighted by molar-refractivity contribution is -0.151. The Morgan fingerprint density at radius 3 is 2.33 bits per heavy atom. The van der Waals surface area contributed by atoms with Crippen LogP contribution in [0, 0.1) is 0 Å². The molecular formula is C20H21NO3. The van der Waals surface area contributed by atoms with Gasteiger partial charge in [0.2, 0.25) is 0 Å². The monoisotopic (exact) mass is 323 g/mol. The van der Waals surface area contributed by atoms with E-state index in [-0.39, 0.29) is 18.5 Å². The lowest BCUT2D eigenvalue weighted by Gasteiger charge is -2.34. The summed E-state index contributed by atoms with van der Waals surface area (Å²) in [5.41, 5.74) is 1.56. The van der Waals surface area contributed by atoms with Crippen LogP contribution in [0.5, 0.6) is 0 Å². The molecule has 0 N–H and O–H groups in total. The fraction of sp³-hybridized carbons (Fsp3) is 0.300. The van der Waals surface area contributed by atoms with Gasteiger partial charge in [-0.05, 0) is 37.0 Å². The van der Waals surface area contributed by atoms with Gasteiger partial charge in [-0.25, -0.2) is 4.79 Å². The molecule has 4 heteroatoms. The van der Waals surface area contributed by atoms with Gasteiger partial charge in [-0.1, -0.05) is 48.5 Å². The van der Waals surface area contributed by atoms with E-state index in [4.69, 9.17) is 4.74 Å². The largest absolute Gasteiger partial charge is 0.459 e. The first-order chi connectivity index (χ1) is 11.8. The second-order valence-electron chi connectivity index (χ2n) is 5.97. The van der Waals surface area contributed by atoms with Gasteiger partial charge < -0.3 is 9.64 Å². The maximum Gasteiger partial charge on any atom is 0.329 e. The summed E-state index contributed by atoms with van der Waals surface area (Å²) in [6, 6.07) is 18.2. The molecule has 124 valence electrons. The maximum atomic E-state index is 12.7. The number of hydrogen-bond acceptors (Lipinski definition) is 3. The quantitative estimate of drug-likeness (QED) is 0.810. The Hall–Kier alpha value is -2.62. The summed E-state index contributed by atoms with van der Waals surface area (Å²) in [5, 5.41) is 0. The van der Waals surface area contributed by atoms with Crippen molar-refractivity contribution in [3.05, 3.63) is 71.8 Å². The molecule has 1 aliphatic heterocycles. The minimum atomic E-state index is -0.491. The highest BCUT2D eigenvalue weighted by atomic mass is 16.5. The molecule has 2 aromatic carbocycles. The van der Waals surface area contributed by atoms with E-state index in [9.17, 15) is 9.59 Å². The zero-order valence-electron chi connectivity index (χ0n) is 13.6. The Labute approximate surface area is 142 Å². The van der Waals surface area contributed by atoms with Crippen LogP contribution in [0.15, 0.2) is 60.7 Å². The number of piperidine rings is 1. The van der Waals surface area contributed by atoms with Gasteiger partial charge >= 0.3 is 5.97 Å². The highest BCUT2D eigenvalue weighted by molar-refractivity contribution is 5.96. The van der Waals surface area contributed by atoms with Gasteiger partial charge in [0.25, 0.3) is 5.91 Å². The molecule has 1 atom stereocenters. The predicted molar refractivity (Wildman–Crippen MR) is 91.4 cm³/mol. The Bertz CT molecular complexity index is 685. The van der Waals surface area contributed by atoms with Crippen molar-refractivity contribution in [3.63, 3.8) is 0 Å². The molecule has 1 saturated heterocycles. The third-order valence-corrected chi connectivity index (χ3v) is 4.28. The van der Waals surface area contributed by atoms with Crippen LogP contribution < -0.4 is 0 Å². The Morgan fingerprint density at radius 2 is 1.62 bits per heavy atom. The Morgan fingerprint density at radius 1 is 0.958 bits per heavy atom. The van der Waals surface area contributed by atoms with Gasteiger partial charge in [0.15, 0.2) is 0 Å². The number of benzene rings is 2. The fourth-order valence-corrected chi connectivity index (χ4v) is 2.99. The van der Waals surface area contributed by atoms with Crippen molar-refractivity contribution in [2.75, 3.05) is 6.54 Å². The van der Waals surface area contributed by atoms with Crippen LogP contribution in [0.3, 0.4) is 0 Å². The third-order valence-electron chi connectivity index (χ3n) is 4.28. The van der Waals surface area contributed by atoms with Crippen molar-refractivity contribution >= 4 is 11.9 Å². The first-order valence-corrected chi connectivity index (χ1v) is 8.32. The van der Waals surface area contributed by atoms with E-state index in [2.05, 4.69) is 0 Å². The Balaban J connectivity index is 1.67. The lowest BCUT2D eigenvalue weighted by atomic mass is 10.0. The molecule has 1 fully saturated rings. The lowest BCUT2D eigenvalue weighted by Crippen LogP contribution is -2.48. The number of carbonyl (C=O) groups is 2. The molecule has 0 spiro atoms. The zero-order chi connectivity index (χ0) is 16.8. The van der Waals surface area contributed by atoms with Crippen LogP contribution in [0.2, 0.25) is 0 Å². The minimum absolute atomic E-state index is 0.100. The molecule has 1 aliphatic rings.